The number of fused-ring (bicyclic) bond motifs is 11. The van der Waals surface area contributed by atoms with Crippen LogP contribution >= 0.6 is 12.1 Å². The standard InChI is InChI=1S/C59H38N6P2S2/c68-66(44-10-3-1-4-11-44,46-25-29-60-30-26-46)48-19-15-41-33-43(37-62-55(41)36-48)40-17-21-51-56(34-40)65-57-35-42(18-23-54(57)64-59(65)52-22-16-39-9-7-8-14-50(39)58(51)52)53-24-20-49(38-63-53)67(69,45-12-5-2-6-13-45)47-27-31-61-32-28-47/h1-38H. The Hall–Kier alpha value is -7.57. The van der Waals surface area contributed by atoms with Crippen molar-refractivity contribution in [1.29, 1.82) is 0 Å². The van der Waals surface area contributed by atoms with Crippen LogP contribution in [0.3, 0.4) is 0 Å². The van der Waals surface area contributed by atoms with Crippen LogP contribution in [0.4, 0.5) is 0 Å². The third kappa shape index (κ3) is 6.78. The van der Waals surface area contributed by atoms with Crippen LogP contribution in [0.1, 0.15) is 0 Å². The van der Waals surface area contributed by atoms with Crippen LogP contribution in [0, 0.1) is 0 Å². The molecule has 0 fully saturated rings. The first-order chi connectivity index (χ1) is 33.9. The molecule has 0 aliphatic carbocycles. The summed E-state index contributed by atoms with van der Waals surface area (Å²) in [6.45, 7) is 0. The molecule has 69 heavy (non-hydrogen) atoms. The zero-order valence-corrected chi connectivity index (χ0v) is 40.3. The largest absolute Gasteiger partial charge is 0.292 e. The van der Waals surface area contributed by atoms with E-state index in [0.29, 0.717) is 0 Å². The molecule has 13 rings (SSSR count). The molecule has 326 valence electrons. The second-order valence-electron chi connectivity index (χ2n) is 17.2. The van der Waals surface area contributed by atoms with Gasteiger partial charge in [0.15, 0.2) is 0 Å². The fourth-order valence-electron chi connectivity index (χ4n) is 10.00. The molecule has 2 unspecified atom stereocenters. The number of benzene rings is 7. The molecule has 7 aromatic carbocycles. The smallest absolute Gasteiger partial charge is 0.146 e. The summed E-state index contributed by atoms with van der Waals surface area (Å²) in [5.74, 6) is 0. The maximum absolute atomic E-state index is 6.67. The van der Waals surface area contributed by atoms with Crippen LogP contribution in [-0.2, 0) is 23.6 Å². The fourth-order valence-corrected chi connectivity index (χ4v) is 17.3. The minimum Gasteiger partial charge on any atom is -0.292 e. The molecule has 0 aliphatic rings. The summed E-state index contributed by atoms with van der Waals surface area (Å²) in [5, 5.41) is 13.4. The predicted octanol–water partition coefficient (Wildman–Crippen LogP) is 11.5. The van der Waals surface area contributed by atoms with Gasteiger partial charge in [-0.25, -0.2) is 4.98 Å². The Labute approximate surface area is 408 Å². The molecule has 0 radical (unpaired) electrons. The summed E-state index contributed by atoms with van der Waals surface area (Å²) in [4.78, 5) is 24.2. The van der Waals surface area contributed by atoms with E-state index in [1.165, 1.54) is 16.2 Å². The number of rotatable bonds is 8. The highest BCUT2D eigenvalue weighted by atomic mass is 32.4. The first-order valence-electron chi connectivity index (χ1n) is 22.6. The quantitative estimate of drug-likeness (QED) is 0.111. The Morgan fingerprint density at radius 1 is 0.377 bits per heavy atom. The number of pyridine rings is 5. The van der Waals surface area contributed by atoms with Crippen molar-refractivity contribution in [2.45, 2.75) is 0 Å². The third-order valence-electron chi connectivity index (χ3n) is 13.4. The van der Waals surface area contributed by atoms with E-state index in [1.807, 2.05) is 61.4 Å². The van der Waals surface area contributed by atoms with E-state index in [0.717, 1.165) is 98.1 Å². The van der Waals surface area contributed by atoms with Gasteiger partial charge in [0.1, 0.15) is 5.65 Å². The lowest BCUT2D eigenvalue weighted by Crippen LogP contribution is -2.25. The van der Waals surface area contributed by atoms with Crippen molar-refractivity contribution in [3.63, 3.8) is 0 Å². The first kappa shape index (κ1) is 41.6. The minimum atomic E-state index is -2.39. The Balaban J connectivity index is 0.960. The van der Waals surface area contributed by atoms with E-state index >= 15 is 0 Å². The molecule has 0 amide bonds. The fraction of sp³-hybridized carbons (Fsp3) is 0. The molecule has 6 heterocycles. The minimum absolute atomic E-state index is 0.863. The van der Waals surface area contributed by atoms with Gasteiger partial charge >= 0.3 is 0 Å². The second-order valence-corrected chi connectivity index (χ2v) is 26.0. The molecule has 0 aliphatic heterocycles. The predicted molar refractivity (Wildman–Crippen MR) is 297 cm³/mol. The van der Waals surface area contributed by atoms with Crippen LogP contribution in [0.25, 0.3) is 82.4 Å². The number of hydrogen-bond acceptors (Lipinski definition) is 7. The molecule has 13 aromatic rings. The van der Waals surface area contributed by atoms with Gasteiger partial charge in [-0.3, -0.25) is 24.3 Å². The van der Waals surface area contributed by atoms with E-state index in [1.54, 1.807) is 0 Å². The molecular weight excluding hydrogens is 919 g/mol. The maximum Gasteiger partial charge on any atom is 0.146 e. The van der Waals surface area contributed by atoms with E-state index in [4.69, 9.17) is 38.6 Å². The molecule has 0 spiro atoms. The Bertz CT molecular complexity index is 4160. The molecule has 10 heteroatoms. The molecule has 2 atom stereocenters. The molecular formula is C59H38N6P2S2. The monoisotopic (exact) mass is 956 g/mol. The van der Waals surface area contributed by atoms with Gasteiger partial charge in [0.25, 0.3) is 0 Å². The highest BCUT2D eigenvalue weighted by Gasteiger charge is 2.27. The average Bonchev–Trinajstić information content (AvgIpc) is 3.82. The van der Waals surface area contributed by atoms with Crippen molar-refractivity contribution in [2.75, 3.05) is 0 Å². The van der Waals surface area contributed by atoms with Crippen LogP contribution < -0.4 is 31.8 Å². The molecule has 0 saturated carbocycles. The normalized spacial score (nSPS) is 13.6. The number of hydrogen-bond donors (Lipinski definition) is 0. The summed E-state index contributed by atoms with van der Waals surface area (Å²) in [6, 6.07) is 63.7. The van der Waals surface area contributed by atoms with Gasteiger partial charge in [-0.2, -0.15) is 0 Å². The van der Waals surface area contributed by atoms with Crippen molar-refractivity contribution < 1.29 is 0 Å². The van der Waals surface area contributed by atoms with Crippen molar-refractivity contribution >= 4 is 128 Å². The van der Waals surface area contributed by atoms with E-state index in [9.17, 15) is 0 Å². The molecule has 6 aromatic heterocycles. The average molecular weight is 957 g/mol. The van der Waals surface area contributed by atoms with Crippen molar-refractivity contribution in [3.8, 4) is 22.4 Å². The molecule has 6 nitrogen and oxygen atoms in total. The van der Waals surface area contributed by atoms with E-state index in [-0.39, 0.29) is 0 Å². The van der Waals surface area contributed by atoms with Crippen LogP contribution in [-0.4, -0.2) is 29.3 Å². The third-order valence-corrected chi connectivity index (χ3v) is 23.3. The Morgan fingerprint density at radius 2 is 0.986 bits per heavy atom. The molecule has 0 N–H and O–H groups in total. The number of imidazole rings is 1. The lowest BCUT2D eigenvalue weighted by molar-refractivity contribution is 1.31. The zero-order valence-electron chi connectivity index (χ0n) is 36.8. The second kappa shape index (κ2) is 16.6. The van der Waals surface area contributed by atoms with Crippen LogP contribution in [0.2, 0.25) is 0 Å². The molecule has 0 bridgehead atoms. The van der Waals surface area contributed by atoms with Crippen molar-refractivity contribution in [1.82, 2.24) is 29.3 Å². The highest BCUT2D eigenvalue weighted by Crippen LogP contribution is 2.45. The van der Waals surface area contributed by atoms with Gasteiger partial charge in [-0.1, -0.05) is 145 Å². The summed E-state index contributed by atoms with van der Waals surface area (Å²) in [7, 11) is 0. The summed E-state index contributed by atoms with van der Waals surface area (Å²) in [5.41, 5.74) is 8.73. The lowest BCUT2D eigenvalue weighted by Gasteiger charge is -2.24. The summed E-state index contributed by atoms with van der Waals surface area (Å²) >= 11 is 13.3. The van der Waals surface area contributed by atoms with Crippen LogP contribution in [0.5, 0.6) is 0 Å². The molecule has 0 saturated heterocycles. The lowest BCUT2D eigenvalue weighted by atomic mass is 9.96. The topological polar surface area (TPSA) is 68.9 Å². The van der Waals surface area contributed by atoms with Gasteiger partial charge < -0.3 is 0 Å². The highest BCUT2D eigenvalue weighted by molar-refractivity contribution is 8.26. The van der Waals surface area contributed by atoms with Gasteiger partial charge in [0.2, 0.25) is 0 Å². The van der Waals surface area contributed by atoms with E-state index < -0.39 is 12.1 Å². The number of aromatic nitrogens is 6. The van der Waals surface area contributed by atoms with Gasteiger partial charge in [-0.15, -0.1) is 0 Å². The first-order valence-corrected chi connectivity index (χ1v) is 28.3. The Kier molecular flexibility index (Phi) is 10.0. The van der Waals surface area contributed by atoms with Crippen molar-refractivity contribution in [3.05, 3.63) is 231 Å². The summed E-state index contributed by atoms with van der Waals surface area (Å²) < 4.78 is 2.33. The number of nitrogens with zero attached hydrogens (tertiary/aromatic N) is 6. The van der Waals surface area contributed by atoms with Gasteiger partial charge in [-0.05, 0) is 116 Å². The maximum atomic E-state index is 6.67. The summed E-state index contributed by atoms with van der Waals surface area (Å²) in [6.07, 6.45) is 11.3. The van der Waals surface area contributed by atoms with Crippen molar-refractivity contribution in [2.24, 2.45) is 0 Å². The van der Waals surface area contributed by atoms with Gasteiger partial charge in [0, 0.05) is 87.2 Å². The Morgan fingerprint density at radius 3 is 1.70 bits per heavy atom. The van der Waals surface area contributed by atoms with Crippen LogP contribution in [0.15, 0.2) is 231 Å². The van der Waals surface area contributed by atoms with E-state index in [2.05, 4.69) is 184 Å². The SMILES string of the molecule is S=P(c1ccccc1)(c1ccncc1)c1ccc(-c2ccc3nc4c5ccc6ccccc6c5c5ccc(-c6cnc7cc(P(=S)(c8ccccc8)c8ccncc8)ccc7c6)cc5n4c3c2)nc1. The zero-order chi connectivity index (χ0) is 46.1. The van der Waals surface area contributed by atoms with Gasteiger partial charge in [0.05, 0.1) is 27.8 Å².